The molecule has 0 heterocycles. The lowest BCUT2D eigenvalue weighted by Crippen LogP contribution is -2.35. The zero-order valence-corrected chi connectivity index (χ0v) is 65.5. The van der Waals surface area contributed by atoms with Gasteiger partial charge >= 0.3 is 6.18 Å². The van der Waals surface area contributed by atoms with Crippen LogP contribution in [-0.2, 0) is 0 Å². The minimum atomic E-state index is -4.54. The van der Waals surface area contributed by atoms with Gasteiger partial charge in [-0.3, -0.25) is 0 Å². The molecule has 0 aliphatic heterocycles. The summed E-state index contributed by atoms with van der Waals surface area (Å²) in [4.78, 5) is 0. The van der Waals surface area contributed by atoms with Gasteiger partial charge < -0.3 is 0 Å². The highest BCUT2D eigenvalue weighted by Gasteiger charge is 2.48. The Bertz CT molecular complexity index is 2180. The molecule has 516 valence electrons. The topological polar surface area (TPSA) is 23.8 Å². The van der Waals surface area contributed by atoms with E-state index in [0.717, 1.165) is 20.8 Å². The molecule has 2 saturated carbocycles. The second-order valence-corrected chi connectivity index (χ2v) is 36.7. The third-order valence-corrected chi connectivity index (χ3v) is 14.2. The average molecular weight is 1220 g/mol. The molecule has 0 bridgehead atoms. The van der Waals surface area contributed by atoms with Crippen LogP contribution in [0.2, 0.25) is 0 Å². The molecule has 0 aromatic carbocycles. The Labute approximate surface area is 562 Å². The summed E-state index contributed by atoms with van der Waals surface area (Å²) >= 11 is 0. The first kappa shape index (κ1) is 63.4. The van der Waals surface area contributed by atoms with E-state index in [1.165, 1.54) is 85.5 Å². The Balaban J connectivity index is -0.000000163. The van der Waals surface area contributed by atoms with Crippen molar-refractivity contribution >= 4 is 0 Å². The molecular formula is C80H170F3N. The highest BCUT2D eigenvalue weighted by Crippen LogP contribution is 2.51. The molecule has 0 saturated heterocycles. The Morgan fingerprint density at radius 1 is 0.464 bits per heavy atom. The van der Waals surface area contributed by atoms with Gasteiger partial charge in [-0.2, -0.15) is 18.4 Å². The van der Waals surface area contributed by atoms with Gasteiger partial charge in [0.2, 0.25) is 0 Å². The van der Waals surface area contributed by atoms with Gasteiger partial charge in [0.25, 0.3) is 0 Å². The maximum Gasteiger partial charge on any atom is 0.393 e. The van der Waals surface area contributed by atoms with E-state index in [1.54, 1.807) is 48.5 Å². The van der Waals surface area contributed by atoms with E-state index < -0.39 is 85.2 Å². The Hall–Kier alpha value is -0.720. The lowest BCUT2D eigenvalue weighted by Gasteiger charge is -2.45. The van der Waals surface area contributed by atoms with Gasteiger partial charge in [-0.05, 0) is 155 Å². The molecular weight excluding hydrogens is 1030 g/mol. The molecule has 2 aliphatic carbocycles. The standard InChI is InChI=1S/C11H22.C10H20.C9H17F3.C9H20.2C8H18.2C7H16.C6H14.C5H9N/c1-10(2,3)11(4)8-6-5-7-9-11;1-9(2,3)10(4)7-5-6-8-10;1-7(2,3)6-8(4,5)9(10,11)12;1-8(2,3)7-9(4,5)6;1-7(2)6-8(3,4)5;1-6-7(2)8(3,4)5;1-6(2)7(3,4)5;1-5-6-7(2,3)4;1-5-6(2,3)4;1-5(2,3)4-6/h5-9H2,1-4H3;5-8H2,1-4H3;6H2,1-5H3;7H2,1-6H3;2*7H,6H2,1-5H3;6H,1-5H3;5-6H2,1-4H3;5H2,1-4H3;1-3H3/i;;6D2;7D2;6D2;2D3,6D2,7D;6D;5D2,6D2;5D2;. The summed E-state index contributed by atoms with van der Waals surface area (Å²) in [5.41, 5.74) is -3.83. The lowest BCUT2D eigenvalue weighted by atomic mass is 9.61. The van der Waals surface area contributed by atoms with E-state index >= 15 is 0 Å². The van der Waals surface area contributed by atoms with Crippen molar-refractivity contribution < 1.29 is 39.2 Å². The number of halogens is 3. The van der Waals surface area contributed by atoms with Crippen LogP contribution < -0.4 is 0 Å². The maximum absolute atomic E-state index is 12.6. The normalized spacial score (nSPS) is 21.5. The van der Waals surface area contributed by atoms with Gasteiger partial charge in [0.1, 0.15) is 0 Å². The van der Waals surface area contributed by atoms with Gasteiger partial charge in [-0.25, -0.2) is 0 Å². The number of hydrogen-bond donors (Lipinski definition) is 0. The van der Waals surface area contributed by atoms with Crippen molar-refractivity contribution in [3.63, 3.8) is 0 Å². The van der Waals surface area contributed by atoms with E-state index in [0.29, 0.717) is 21.7 Å². The first-order valence-electron chi connectivity index (χ1n) is 41.6. The molecule has 2 rings (SSSR count). The number of nitriles is 1. The molecule has 2 aliphatic rings. The Kier molecular flexibility index (Phi) is 30.9. The van der Waals surface area contributed by atoms with Crippen molar-refractivity contribution in [3.8, 4) is 6.07 Å². The minimum absolute atomic E-state index is 0.0903. The van der Waals surface area contributed by atoms with Crippen molar-refractivity contribution in [2.45, 2.75) is 420 Å². The van der Waals surface area contributed by atoms with Crippen LogP contribution in [0.3, 0.4) is 0 Å². The predicted molar refractivity (Wildman–Crippen MR) is 385 cm³/mol. The fourth-order valence-corrected chi connectivity index (χ4v) is 7.74. The van der Waals surface area contributed by atoms with Crippen LogP contribution in [0, 0.1) is 105 Å². The van der Waals surface area contributed by atoms with E-state index in [1.807, 2.05) is 132 Å². The summed E-state index contributed by atoms with van der Waals surface area (Å²) in [6.45, 7) is 79.4. The number of hydrogen-bond acceptors (Lipinski definition) is 1. The second kappa shape index (κ2) is 40.9. The Morgan fingerprint density at radius 3 is 0.798 bits per heavy atom. The van der Waals surface area contributed by atoms with Crippen LogP contribution in [0.5, 0.6) is 0 Å². The van der Waals surface area contributed by atoms with Crippen LogP contribution >= 0.6 is 0 Å². The summed E-state index contributed by atoms with van der Waals surface area (Å²) in [6, 6.07) is 2.10. The van der Waals surface area contributed by atoms with Crippen molar-refractivity contribution in [1.82, 2.24) is 0 Å². The minimum Gasteiger partial charge on any atom is -0.198 e. The largest absolute Gasteiger partial charge is 0.393 e. The van der Waals surface area contributed by atoms with Crippen molar-refractivity contribution in [3.05, 3.63) is 0 Å². The van der Waals surface area contributed by atoms with E-state index in [9.17, 15) is 13.2 Å². The first-order chi connectivity index (χ1) is 43.2. The fraction of sp³-hybridized carbons (Fsp3) is 0.988. The van der Waals surface area contributed by atoms with E-state index in [4.69, 9.17) is 31.3 Å². The van der Waals surface area contributed by atoms with Crippen molar-refractivity contribution in [2.75, 3.05) is 0 Å². The molecule has 0 spiro atoms. The summed E-state index contributed by atoms with van der Waals surface area (Å²) in [7, 11) is 0. The summed E-state index contributed by atoms with van der Waals surface area (Å²) < 4.78 is 181. The molecule has 1 unspecified atom stereocenters. The van der Waals surface area contributed by atoms with Crippen LogP contribution in [0.15, 0.2) is 0 Å². The highest BCUT2D eigenvalue weighted by molar-refractivity contribution is 4.91. The second-order valence-electron chi connectivity index (χ2n) is 36.7. The summed E-state index contributed by atoms with van der Waals surface area (Å²) in [6.07, 6.45) is -2.71. The van der Waals surface area contributed by atoms with Crippen LogP contribution in [0.4, 0.5) is 13.2 Å². The molecule has 4 heteroatoms. The summed E-state index contributed by atoms with van der Waals surface area (Å²) in [5.74, 6) is -2.33. The van der Waals surface area contributed by atoms with Gasteiger partial charge in [-0.15, -0.1) is 0 Å². The van der Waals surface area contributed by atoms with Crippen molar-refractivity contribution in [1.29, 1.82) is 5.26 Å². The molecule has 1 nitrogen and oxygen atoms in total. The Morgan fingerprint density at radius 2 is 0.738 bits per heavy atom. The summed E-state index contributed by atoms with van der Waals surface area (Å²) in [5, 5.41) is 8.15. The van der Waals surface area contributed by atoms with Crippen molar-refractivity contribution in [2.24, 2.45) is 93.5 Å². The third-order valence-electron chi connectivity index (χ3n) is 14.2. The van der Waals surface area contributed by atoms with Crippen LogP contribution in [0.25, 0.3) is 0 Å². The number of nitrogens with zero attached hydrogens (tertiary/aromatic N) is 1. The molecule has 0 N–H and O–H groups in total. The average Bonchev–Trinajstić information content (AvgIpc) is 1.13. The van der Waals surface area contributed by atoms with E-state index in [2.05, 4.69) is 82.2 Å². The molecule has 0 aromatic rings. The highest BCUT2D eigenvalue weighted by atomic mass is 19.4. The van der Waals surface area contributed by atoms with Crippen LogP contribution in [-0.4, -0.2) is 6.18 Å². The van der Waals surface area contributed by atoms with Gasteiger partial charge in [0.05, 0.1) is 11.5 Å². The maximum atomic E-state index is 12.6. The predicted octanol–water partition coefficient (Wildman–Crippen LogP) is 30.8. The third kappa shape index (κ3) is 70.4. The van der Waals surface area contributed by atoms with Gasteiger partial charge in [-0.1, -0.05) is 342 Å². The molecule has 0 radical (unpaired) electrons. The molecule has 84 heavy (non-hydrogen) atoms. The smallest absolute Gasteiger partial charge is 0.198 e. The molecule has 0 amide bonds. The number of alkyl halides is 3. The monoisotopic (exact) mass is 1220 g/mol. The van der Waals surface area contributed by atoms with Gasteiger partial charge in [0.15, 0.2) is 0 Å². The first-order valence-corrected chi connectivity index (χ1v) is 32.1. The quantitative estimate of drug-likeness (QED) is 0.275. The van der Waals surface area contributed by atoms with E-state index in [-0.39, 0.29) is 44.3 Å². The van der Waals surface area contributed by atoms with Crippen LogP contribution in [0.1, 0.15) is 440 Å². The SMILES string of the molecule is CC(C)(C)C#N.CC(C)(C)C1(C)CCCC1.CC(C)(C)C1(C)CCCCC1.[2H]C(C)(C)C(C)(C)C.[2H]C([2H])(C(C)(C)C)C(C)(C)C.[2H]C([2H])(C(C)(C)C)C(C)(C)C(F)(F)F.[2H]C([2H])(C(C)C)C(C)(C)C.[2H]C([2H])(C)C(C)(C)C.[2H]C([2H])(C)C([2H])([2H])C(C)(C)C.[2H]C([2H])([2H])C([2H])(C([2H])([2H])C)C(C)(C)C. The molecule has 0 aromatic heterocycles. The van der Waals surface area contributed by atoms with Gasteiger partial charge in [0, 0.05) is 31.5 Å². The number of rotatable bonds is 4. The molecule has 1 atom stereocenters. The molecule has 2 fully saturated rings. The fourth-order valence-electron chi connectivity index (χ4n) is 7.74. The lowest BCUT2D eigenvalue weighted by molar-refractivity contribution is -0.220. The zero-order chi connectivity index (χ0) is 87.1. The zero-order valence-electron chi connectivity index (χ0n) is 84.5.